The number of para-hydroxylation sites is 1. The van der Waals surface area contributed by atoms with Crippen molar-refractivity contribution in [1.29, 1.82) is 0 Å². The van der Waals surface area contributed by atoms with E-state index >= 15 is 0 Å². The summed E-state index contributed by atoms with van der Waals surface area (Å²) in [5.41, 5.74) is 10.0. The number of anilines is 3. The third-order valence-electron chi connectivity index (χ3n) is 10.7. The Bertz CT molecular complexity index is 3180. The molecular formula is C50H31NOS. The summed E-state index contributed by atoms with van der Waals surface area (Å²) in [6, 6.07) is 68.0. The molecule has 9 aromatic carbocycles. The summed E-state index contributed by atoms with van der Waals surface area (Å²) < 4.78 is 9.10. The van der Waals surface area contributed by atoms with E-state index in [4.69, 9.17) is 4.42 Å². The van der Waals surface area contributed by atoms with Crippen molar-refractivity contribution in [2.45, 2.75) is 0 Å². The van der Waals surface area contributed by atoms with Crippen molar-refractivity contribution in [3.63, 3.8) is 0 Å². The van der Waals surface area contributed by atoms with Gasteiger partial charge in [0.1, 0.15) is 11.2 Å². The Labute approximate surface area is 310 Å². The van der Waals surface area contributed by atoms with Crippen LogP contribution in [0.25, 0.3) is 85.9 Å². The first kappa shape index (κ1) is 30.0. The maximum atomic E-state index is 6.61. The van der Waals surface area contributed by atoms with Gasteiger partial charge in [0.25, 0.3) is 0 Å². The highest BCUT2D eigenvalue weighted by molar-refractivity contribution is 7.26. The second kappa shape index (κ2) is 11.9. The molecule has 0 atom stereocenters. The third kappa shape index (κ3) is 4.78. The van der Waals surface area contributed by atoms with Crippen LogP contribution in [0.1, 0.15) is 0 Å². The fraction of sp³-hybridized carbons (Fsp3) is 0. The topological polar surface area (TPSA) is 16.4 Å². The number of nitrogens with zero attached hydrogens (tertiary/aromatic N) is 1. The first-order valence-electron chi connectivity index (χ1n) is 18.0. The number of furan rings is 1. The van der Waals surface area contributed by atoms with Crippen LogP contribution in [0.4, 0.5) is 17.1 Å². The van der Waals surface area contributed by atoms with Gasteiger partial charge in [-0.3, -0.25) is 0 Å². The maximum Gasteiger partial charge on any atom is 0.144 e. The minimum absolute atomic E-state index is 0.922. The molecule has 0 fully saturated rings. The van der Waals surface area contributed by atoms with Gasteiger partial charge in [-0.25, -0.2) is 0 Å². The summed E-state index contributed by atoms with van der Waals surface area (Å²) in [6.45, 7) is 0. The molecule has 11 aromatic rings. The van der Waals surface area contributed by atoms with Crippen LogP contribution in [0, 0.1) is 0 Å². The van der Waals surface area contributed by atoms with Crippen molar-refractivity contribution >= 4 is 92.1 Å². The lowest BCUT2D eigenvalue weighted by molar-refractivity contribution is 0.673. The van der Waals surface area contributed by atoms with Crippen LogP contribution < -0.4 is 4.90 Å². The van der Waals surface area contributed by atoms with Crippen LogP contribution in [0.3, 0.4) is 0 Å². The van der Waals surface area contributed by atoms with Crippen molar-refractivity contribution in [2.24, 2.45) is 0 Å². The van der Waals surface area contributed by atoms with Crippen LogP contribution in [0.5, 0.6) is 0 Å². The summed E-state index contributed by atoms with van der Waals surface area (Å²) in [5.74, 6) is 0. The van der Waals surface area contributed by atoms with Crippen molar-refractivity contribution in [1.82, 2.24) is 0 Å². The molecule has 53 heavy (non-hydrogen) atoms. The molecule has 0 unspecified atom stereocenters. The van der Waals surface area contributed by atoms with Gasteiger partial charge in [0.2, 0.25) is 0 Å². The van der Waals surface area contributed by atoms with Gasteiger partial charge in [-0.05, 0) is 93.0 Å². The van der Waals surface area contributed by atoms with E-state index in [1.165, 1.54) is 64.0 Å². The van der Waals surface area contributed by atoms with E-state index in [0.717, 1.165) is 39.0 Å². The summed E-state index contributed by atoms with van der Waals surface area (Å²) in [5, 5.41) is 9.67. The molecule has 2 heterocycles. The normalized spacial score (nSPS) is 11.8. The highest BCUT2D eigenvalue weighted by Gasteiger charge is 2.20. The zero-order valence-electron chi connectivity index (χ0n) is 28.7. The number of fused-ring (bicyclic) bond motifs is 9. The summed E-state index contributed by atoms with van der Waals surface area (Å²) >= 11 is 1.83. The van der Waals surface area contributed by atoms with E-state index < -0.39 is 0 Å². The van der Waals surface area contributed by atoms with Gasteiger partial charge < -0.3 is 9.32 Å². The molecule has 0 bridgehead atoms. The van der Waals surface area contributed by atoms with Crippen LogP contribution in [-0.2, 0) is 0 Å². The van der Waals surface area contributed by atoms with Gasteiger partial charge in [0, 0.05) is 47.7 Å². The summed E-state index contributed by atoms with van der Waals surface area (Å²) in [4.78, 5) is 2.40. The Morgan fingerprint density at radius 2 is 1.06 bits per heavy atom. The van der Waals surface area contributed by atoms with Crippen molar-refractivity contribution in [2.75, 3.05) is 4.90 Å². The Morgan fingerprint density at radius 1 is 0.396 bits per heavy atom. The van der Waals surface area contributed by atoms with Gasteiger partial charge in [0.15, 0.2) is 0 Å². The number of benzene rings is 9. The van der Waals surface area contributed by atoms with E-state index in [9.17, 15) is 0 Å². The molecule has 0 aliphatic rings. The van der Waals surface area contributed by atoms with E-state index in [0.29, 0.717) is 0 Å². The Hall–Kier alpha value is -6.68. The quantitative estimate of drug-likeness (QED) is 0.178. The first-order valence-corrected chi connectivity index (χ1v) is 18.8. The molecule has 0 amide bonds. The molecular weight excluding hydrogens is 663 g/mol. The SMILES string of the molecule is c1cc(-c2cccc3sc4ccc5c6ccccc6oc5c4c23)cc(N(c2ccc(-c3cccc4ccccc34)cc2)c2cccc3ccccc23)c1. The first-order chi connectivity index (χ1) is 26.3. The lowest BCUT2D eigenvalue weighted by atomic mass is 9.97. The molecule has 0 saturated heterocycles. The van der Waals surface area contributed by atoms with Crippen molar-refractivity contribution in [3.8, 4) is 22.3 Å². The Kier molecular flexibility index (Phi) is 6.76. The van der Waals surface area contributed by atoms with Crippen molar-refractivity contribution in [3.05, 3.63) is 188 Å². The smallest absolute Gasteiger partial charge is 0.144 e. The van der Waals surface area contributed by atoms with Crippen LogP contribution in [0.15, 0.2) is 192 Å². The second-order valence-electron chi connectivity index (χ2n) is 13.7. The monoisotopic (exact) mass is 693 g/mol. The number of rotatable bonds is 5. The third-order valence-corrected chi connectivity index (χ3v) is 11.8. The minimum Gasteiger partial charge on any atom is -0.455 e. The van der Waals surface area contributed by atoms with Gasteiger partial charge in [-0.2, -0.15) is 0 Å². The molecule has 3 heteroatoms. The van der Waals surface area contributed by atoms with E-state index in [1.54, 1.807) is 0 Å². The van der Waals surface area contributed by atoms with Gasteiger partial charge in [0.05, 0.1) is 5.69 Å². The van der Waals surface area contributed by atoms with Crippen LogP contribution >= 0.6 is 11.3 Å². The number of thiophene rings is 1. The molecule has 0 aliphatic carbocycles. The molecule has 0 aliphatic heterocycles. The predicted molar refractivity (Wildman–Crippen MR) is 227 cm³/mol. The van der Waals surface area contributed by atoms with Gasteiger partial charge >= 0.3 is 0 Å². The Balaban J connectivity index is 1.11. The summed E-state index contributed by atoms with van der Waals surface area (Å²) in [7, 11) is 0. The second-order valence-corrected chi connectivity index (χ2v) is 14.7. The standard InChI is InChI=1S/C50H31NOS/c1-3-17-38-32(11-1)13-8-20-39(38)34-25-27-36(28-26-34)51(44-22-9-14-33-12-2-4-18-40(33)44)37-16-7-15-35(31-37)41-21-10-24-46-48(41)49-47(53-46)30-29-43-42-19-5-6-23-45(42)52-50(43)49/h1-31H. The molecule has 11 rings (SSSR count). The van der Waals surface area contributed by atoms with E-state index in [-0.39, 0.29) is 0 Å². The lowest BCUT2D eigenvalue weighted by Gasteiger charge is -2.27. The molecule has 2 aromatic heterocycles. The minimum atomic E-state index is 0.922. The molecule has 0 saturated carbocycles. The average molecular weight is 694 g/mol. The highest BCUT2D eigenvalue weighted by Crippen LogP contribution is 2.47. The van der Waals surface area contributed by atoms with Gasteiger partial charge in [-0.1, -0.05) is 133 Å². The fourth-order valence-electron chi connectivity index (χ4n) is 8.24. The van der Waals surface area contributed by atoms with Crippen LogP contribution in [0.2, 0.25) is 0 Å². The molecule has 0 radical (unpaired) electrons. The molecule has 0 N–H and O–H groups in total. The van der Waals surface area contributed by atoms with Crippen LogP contribution in [-0.4, -0.2) is 0 Å². The number of hydrogen-bond donors (Lipinski definition) is 0. The van der Waals surface area contributed by atoms with E-state index in [1.807, 2.05) is 17.4 Å². The lowest BCUT2D eigenvalue weighted by Crippen LogP contribution is -2.10. The zero-order valence-corrected chi connectivity index (χ0v) is 29.5. The maximum absolute atomic E-state index is 6.61. The molecule has 2 nitrogen and oxygen atoms in total. The van der Waals surface area contributed by atoms with E-state index in [2.05, 4.69) is 187 Å². The number of hydrogen-bond acceptors (Lipinski definition) is 3. The average Bonchev–Trinajstić information content (AvgIpc) is 3.80. The zero-order chi connectivity index (χ0) is 34.9. The van der Waals surface area contributed by atoms with Crippen molar-refractivity contribution < 1.29 is 4.42 Å². The Morgan fingerprint density at radius 3 is 1.92 bits per heavy atom. The predicted octanol–water partition coefficient (Wildman–Crippen LogP) is 15.1. The van der Waals surface area contributed by atoms with Gasteiger partial charge in [-0.15, -0.1) is 11.3 Å². The fourth-order valence-corrected chi connectivity index (χ4v) is 9.37. The molecule has 248 valence electrons. The molecule has 0 spiro atoms. The largest absolute Gasteiger partial charge is 0.455 e. The summed E-state index contributed by atoms with van der Waals surface area (Å²) in [6.07, 6.45) is 0. The highest BCUT2D eigenvalue weighted by atomic mass is 32.1.